The van der Waals surface area contributed by atoms with Gasteiger partial charge in [-0.15, -0.1) is 0 Å². The van der Waals surface area contributed by atoms with Crippen LogP contribution in [0.15, 0.2) is 273 Å². The van der Waals surface area contributed by atoms with Gasteiger partial charge in [0.1, 0.15) is 6.29 Å². The van der Waals surface area contributed by atoms with Crippen LogP contribution < -0.4 is 0 Å². The Morgan fingerprint density at radius 3 is 0.843 bits per heavy atom. The number of aliphatic carboxylic acids is 1. The van der Waals surface area contributed by atoms with Crippen molar-refractivity contribution in [2.45, 2.75) is 88.9 Å². The summed E-state index contributed by atoms with van der Waals surface area (Å²) in [5.74, 6) is -1.20. The number of carbonyl (C=O) groups excluding carboxylic acids is 1. The number of benzene rings is 9. The second kappa shape index (κ2) is 38.6. The Balaban J connectivity index is 0.000000223. The van der Waals surface area contributed by atoms with Crippen LogP contribution in [-0.4, -0.2) is 84.8 Å². The average molecular weight is 1320 g/mol. The van der Waals surface area contributed by atoms with E-state index < -0.39 is 24.2 Å². The van der Waals surface area contributed by atoms with Gasteiger partial charge in [-0.1, -0.05) is 273 Å². The zero-order valence-electron chi connectivity index (χ0n) is 47.3. The number of rotatable bonds is 25. The molecule has 1 radical (unpaired) electrons. The fourth-order valence-corrected chi connectivity index (χ4v) is 9.74. The van der Waals surface area contributed by atoms with E-state index in [1.165, 1.54) is 16.7 Å². The average Bonchev–Trinajstić information content (AvgIpc) is 3.62. The third kappa shape index (κ3) is 23.9. The molecule has 10 nitrogen and oxygen atoms in total. The van der Waals surface area contributed by atoms with Crippen molar-refractivity contribution in [2.24, 2.45) is 0 Å². The second-order valence-electron chi connectivity index (χ2n) is 19.9. The molecule has 0 fully saturated rings. The number of carbonyl (C=O) groups is 2. The van der Waals surface area contributed by atoms with E-state index >= 15 is 0 Å². The number of carboxylic acid groups (broad SMARTS) is 1. The maximum Gasteiger partial charge on any atom is 0.334 e. The first-order chi connectivity index (χ1) is 40.2. The van der Waals surface area contributed by atoms with Crippen LogP contribution in [0.2, 0.25) is 0 Å². The van der Waals surface area contributed by atoms with Gasteiger partial charge in [0.25, 0.3) is 0 Å². The largest absolute Gasteiger partial charge is 0.479 e. The smallest absolute Gasteiger partial charge is 0.334 e. The van der Waals surface area contributed by atoms with Crippen molar-refractivity contribution in [1.29, 1.82) is 5.26 Å². The molecule has 5 unspecified atom stereocenters. The summed E-state index contributed by atoms with van der Waals surface area (Å²) in [6.45, 7) is 3.96. The molecule has 423 valence electrons. The topological polar surface area (TPSA) is 149 Å². The minimum Gasteiger partial charge on any atom is -0.479 e. The van der Waals surface area contributed by atoms with Gasteiger partial charge >= 0.3 is 5.97 Å². The molecule has 0 heterocycles. The zero-order valence-corrected chi connectivity index (χ0v) is 52.0. The quantitative estimate of drug-likeness (QED) is 0.0322. The fraction of sp³-hybridized carbons (Fsp3) is 0.208. The molecule has 11 heteroatoms. The van der Waals surface area contributed by atoms with Crippen LogP contribution in [0.5, 0.6) is 0 Å². The van der Waals surface area contributed by atoms with Crippen LogP contribution >= 0.6 is 0 Å². The molecule has 0 bridgehead atoms. The number of carboxylic acids is 1. The predicted molar refractivity (Wildman–Crippen MR) is 328 cm³/mol. The van der Waals surface area contributed by atoms with Crippen LogP contribution in [0.3, 0.4) is 0 Å². The standard InChI is InChI=1S/C24H24N2O.C24H25NO3.C23H23NO.CH4O.Ac/c25-17-24(27)23(16-20-10-4-1-5-11-20)26(18-21-12-6-2-7-13-21)19-22-14-8-3-9-15-22;26-23(24(27)28)22(16-19-10-4-1-5-11-19)25(17-20-12-6-2-7-13-20)18-21-14-8-3-9-15-21;25-19-23(16-20-10-4-1-5-11-20)24(17-21-12-6-2-7-13-21)18-22-14-8-3-9-15-22;1-2;/h1-15,23-24,27H,16,18-19H2;1-15,22-23,26H,16-18H2,(H,27,28);1-15,19,23H,16-18H2;2H,1H3;. The summed E-state index contributed by atoms with van der Waals surface area (Å²) in [7, 11) is 1.00. The number of aliphatic hydroxyl groups excluding tert-OH is 3. The molecule has 0 aliphatic heterocycles. The van der Waals surface area contributed by atoms with Gasteiger partial charge in [-0.3, -0.25) is 14.7 Å². The van der Waals surface area contributed by atoms with Gasteiger partial charge in [-0.05, 0) is 69.3 Å². The molecule has 4 N–H and O–H groups in total. The summed E-state index contributed by atoms with van der Waals surface area (Å²) >= 11 is 0. The number of aldehydes is 1. The van der Waals surface area contributed by atoms with Crippen LogP contribution in [0, 0.1) is 55.4 Å². The van der Waals surface area contributed by atoms with E-state index in [9.17, 15) is 30.2 Å². The van der Waals surface area contributed by atoms with Crippen molar-refractivity contribution in [3.05, 3.63) is 323 Å². The Labute approximate surface area is 527 Å². The summed E-state index contributed by atoms with van der Waals surface area (Å²) in [5.41, 5.74) is 10.2. The van der Waals surface area contributed by atoms with E-state index in [4.69, 9.17) is 5.11 Å². The SMILES string of the molecule is CO.N#CC(O)C(Cc1ccccc1)N(Cc1ccccc1)Cc1ccccc1.O=C(O)C(O)C(Cc1ccccc1)N(Cc1ccccc1)Cc1ccccc1.O=CC(Cc1ccccc1)N(Cc1ccccc1)Cc1ccccc1.[Ac]. The van der Waals surface area contributed by atoms with Crippen molar-refractivity contribution >= 4 is 12.3 Å². The molecule has 0 saturated heterocycles. The zero-order chi connectivity index (χ0) is 58.0. The number of nitrogens with zero attached hydrogens (tertiary/aromatic N) is 4. The molecule has 0 spiro atoms. The Bertz CT molecular complexity index is 3030. The maximum absolute atomic E-state index is 11.9. The molecule has 0 saturated carbocycles. The van der Waals surface area contributed by atoms with E-state index in [1.807, 2.05) is 212 Å². The first-order valence-corrected chi connectivity index (χ1v) is 27.7. The molecular formula is C72H76AcN4O6. The van der Waals surface area contributed by atoms with Crippen LogP contribution in [0.1, 0.15) is 50.1 Å². The first-order valence-electron chi connectivity index (χ1n) is 27.7. The summed E-state index contributed by atoms with van der Waals surface area (Å²) < 4.78 is 0. The number of hydrogen-bond acceptors (Lipinski definition) is 9. The van der Waals surface area contributed by atoms with Gasteiger partial charge in [-0.25, -0.2) is 4.79 Å². The third-order valence-electron chi connectivity index (χ3n) is 13.9. The number of aliphatic hydroxyl groups is 3. The van der Waals surface area contributed by atoms with Gasteiger partial charge < -0.3 is 25.2 Å². The Morgan fingerprint density at radius 1 is 0.386 bits per heavy atom. The summed E-state index contributed by atoms with van der Waals surface area (Å²) in [5, 5.41) is 47.0. The van der Waals surface area contributed by atoms with Crippen LogP contribution in [0.4, 0.5) is 0 Å². The molecule has 9 rings (SSSR count). The van der Waals surface area contributed by atoms with Crippen molar-refractivity contribution in [2.75, 3.05) is 7.11 Å². The van der Waals surface area contributed by atoms with Crippen molar-refractivity contribution in [3.63, 3.8) is 0 Å². The Hall–Kier alpha value is -7.19. The molecule has 0 aromatic heterocycles. The van der Waals surface area contributed by atoms with E-state index in [1.54, 1.807) is 0 Å². The van der Waals surface area contributed by atoms with Crippen molar-refractivity contribution in [3.8, 4) is 6.07 Å². The Morgan fingerprint density at radius 2 is 0.602 bits per heavy atom. The van der Waals surface area contributed by atoms with Crippen LogP contribution in [-0.2, 0) is 68.1 Å². The van der Waals surface area contributed by atoms with Gasteiger partial charge in [0.15, 0.2) is 12.2 Å². The molecule has 0 aliphatic rings. The van der Waals surface area contributed by atoms with E-state index in [2.05, 4.69) is 81.4 Å². The third-order valence-corrected chi connectivity index (χ3v) is 13.9. The Kier molecular flexibility index (Phi) is 30.9. The molecule has 83 heavy (non-hydrogen) atoms. The van der Waals surface area contributed by atoms with Gasteiger partial charge in [-0.2, -0.15) is 5.26 Å². The summed E-state index contributed by atoms with van der Waals surface area (Å²) in [6.07, 6.45) is 0.344. The number of hydrogen-bond donors (Lipinski definition) is 4. The number of nitriles is 1. The molecule has 5 atom stereocenters. The molecule has 9 aromatic carbocycles. The van der Waals surface area contributed by atoms with E-state index in [-0.39, 0.29) is 56.1 Å². The second-order valence-corrected chi connectivity index (χ2v) is 19.9. The van der Waals surface area contributed by atoms with Gasteiger partial charge in [0, 0.05) is 90.4 Å². The van der Waals surface area contributed by atoms with Gasteiger partial charge in [0.2, 0.25) is 0 Å². The molecule has 9 aromatic rings. The van der Waals surface area contributed by atoms with E-state index in [0.717, 1.165) is 66.3 Å². The minimum atomic E-state index is -1.48. The molecular weight excluding hydrogens is 1240 g/mol. The monoisotopic (exact) mass is 1320 g/mol. The first kappa shape index (κ1) is 66.6. The summed E-state index contributed by atoms with van der Waals surface area (Å²) in [4.78, 5) is 30.1. The maximum atomic E-state index is 11.9. The summed E-state index contributed by atoms with van der Waals surface area (Å²) in [6, 6.07) is 91.9. The predicted octanol–water partition coefficient (Wildman–Crippen LogP) is 12.0. The minimum absolute atomic E-state index is 0. The fourth-order valence-electron chi connectivity index (χ4n) is 9.74. The normalized spacial score (nSPS) is 12.4. The van der Waals surface area contributed by atoms with Crippen molar-refractivity contribution in [1.82, 2.24) is 14.7 Å². The molecule has 0 amide bonds. The molecule has 0 aliphatic carbocycles. The van der Waals surface area contributed by atoms with E-state index in [0.29, 0.717) is 39.0 Å². The van der Waals surface area contributed by atoms with Crippen molar-refractivity contribution < 1.29 is 74.1 Å². The van der Waals surface area contributed by atoms with Gasteiger partial charge in [0.05, 0.1) is 24.2 Å². The van der Waals surface area contributed by atoms with Crippen LogP contribution in [0.25, 0.3) is 0 Å².